The molecule has 0 heterocycles. The van der Waals surface area contributed by atoms with Crippen molar-refractivity contribution in [3.05, 3.63) is 76.9 Å². The third-order valence-electron chi connectivity index (χ3n) is 4.08. The number of hydrogen-bond acceptors (Lipinski definition) is 3. The lowest BCUT2D eigenvalue weighted by Crippen LogP contribution is -2.17. The molecule has 120 valence electrons. The molecule has 4 heteroatoms. The Kier molecular flexibility index (Phi) is 4.29. The molecule has 3 aromatic carbocycles. The van der Waals surface area contributed by atoms with Crippen molar-refractivity contribution in [3.8, 4) is 5.75 Å². The van der Waals surface area contributed by atoms with E-state index in [0.29, 0.717) is 11.1 Å². The largest absolute Gasteiger partial charge is 0.507 e. The molecular formula is C20H18N2O2. The summed E-state index contributed by atoms with van der Waals surface area (Å²) < 4.78 is 0. The minimum atomic E-state index is -0.283. The molecule has 0 saturated heterocycles. The van der Waals surface area contributed by atoms with Gasteiger partial charge in [0, 0.05) is 11.1 Å². The Morgan fingerprint density at radius 1 is 1.04 bits per heavy atom. The Labute approximate surface area is 140 Å². The van der Waals surface area contributed by atoms with Gasteiger partial charge in [0.15, 0.2) is 0 Å². The molecular weight excluding hydrogens is 300 g/mol. The second-order valence-electron chi connectivity index (χ2n) is 5.72. The number of rotatable bonds is 3. The first-order valence-electron chi connectivity index (χ1n) is 7.67. The first kappa shape index (κ1) is 15.7. The molecule has 0 aliphatic carbocycles. The van der Waals surface area contributed by atoms with Gasteiger partial charge in [0.1, 0.15) is 5.75 Å². The third-order valence-corrected chi connectivity index (χ3v) is 4.08. The molecule has 0 spiro atoms. The number of aromatic hydroxyl groups is 1. The van der Waals surface area contributed by atoms with E-state index in [4.69, 9.17) is 0 Å². The predicted molar refractivity (Wildman–Crippen MR) is 96.6 cm³/mol. The minimum Gasteiger partial charge on any atom is -0.507 e. The molecule has 0 aromatic heterocycles. The van der Waals surface area contributed by atoms with E-state index < -0.39 is 0 Å². The molecule has 1 amide bonds. The molecule has 0 unspecified atom stereocenters. The number of benzene rings is 3. The van der Waals surface area contributed by atoms with Gasteiger partial charge in [0.05, 0.1) is 6.21 Å². The topological polar surface area (TPSA) is 61.7 Å². The molecule has 2 N–H and O–H groups in total. The molecule has 4 nitrogen and oxygen atoms in total. The van der Waals surface area contributed by atoms with Gasteiger partial charge < -0.3 is 5.11 Å². The summed E-state index contributed by atoms with van der Waals surface area (Å²) in [6, 6.07) is 16.7. The van der Waals surface area contributed by atoms with Crippen LogP contribution in [0.25, 0.3) is 10.8 Å². The van der Waals surface area contributed by atoms with Gasteiger partial charge in [-0.3, -0.25) is 4.79 Å². The SMILES string of the molecule is Cc1ccc(C(=O)NN=Cc2c(O)ccc3ccccc23)cc1C. The van der Waals surface area contributed by atoms with Crippen LogP contribution in [0.15, 0.2) is 59.7 Å². The number of aryl methyl sites for hydroxylation is 2. The highest BCUT2D eigenvalue weighted by atomic mass is 16.3. The van der Waals surface area contributed by atoms with Crippen LogP contribution >= 0.6 is 0 Å². The molecule has 0 radical (unpaired) electrons. The molecule has 3 aromatic rings. The number of nitrogens with zero attached hydrogens (tertiary/aromatic N) is 1. The second kappa shape index (κ2) is 6.54. The normalized spacial score (nSPS) is 11.1. The lowest BCUT2D eigenvalue weighted by Gasteiger charge is -2.06. The fraction of sp³-hybridized carbons (Fsp3) is 0.100. The number of hydrazone groups is 1. The lowest BCUT2D eigenvalue weighted by atomic mass is 10.0. The predicted octanol–water partition coefficient (Wildman–Crippen LogP) is 3.93. The average molecular weight is 318 g/mol. The minimum absolute atomic E-state index is 0.123. The van der Waals surface area contributed by atoms with Crippen LogP contribution in [-0.2, 0) is 0 Å². The molecule has 3 rings (SSSR count). The zero-order chi connectivity index (χ0) is 17.1. The van der Waals surface area contributed by atoms with Gasteiger partial charge in [-0.1, -0.05) is 36.4 Å². The van der Waals surface area contributed by atoms with Crippen LogP contribution in [0.1, 0.15) is 27.0 Å². The standard InChI is InChI=1S/C20H18N2O2/c1-13-7-8-16(11-14(13)2)20(24)22-21-12-18-17-6-4-3-5-15(17)9-10-19(18)23/h3-12,23H,1-2H3,(H,22,24). The number of carbonyl (C=O) groups is 1. The van der Waals surface area contributed by atoms with Crippen molar-refractivity contribution in [3.63, 3.8) is 0 Å². The number of fused-ring (bicyclic) bond motifs is 1. The van der Waals surface area contributed by atoms with Crippen LogP contribution in [0, 0.1) is 13.8 Å². The number of hydrogen-bond donors (Lipinski definition) is 2. The molecule has 0 atom stereocenters. The van der Waals surface area contributed by atoms with Crippen LogP contribution in [0.2, 0.25) is 0 Å². The van der Waals surface area contributed by atoms with Crippen molar-refractivity contribution in [1.29, 1.82) is 0 Å². The van der Waals surface area contributed by atoms with E-state index in [1.165, 1.54) is 6.21 Å². The van der Waals surface area contributed by atoms with Gasteiger partial charge >= 0.3 is 0 Å². The van der Waals surface area contributed by atoms with Crippen molar-refractivity contribution < 1.29 is 9.90 Å². The average Bonchev–Trinajstić information content (AvgIpc) is 2.59. The Bertz CT molecular complexity index is 946. The number of carbonyl (C=O) groups excluding carboxylic acids is 1. The van der Waals surface area contributed by atoms with Crippen LogP contribution in [0.4, 0.5) is 0 Å². The zero-order valence-corrected chi connectivity index (χ0v) is 13.6. The maximum Gasteiger partial charge on any atom is 0.271 e. The summed E-state index contributed by atoms with van der Waals surface area (Å²) in [5.74, 6) is -0.160. The lowest BCUT2D eigenvalue weighted by molar-refractivity contribution is 0.0955. The molecule has 0 aliphatic rings. The zero-order valence-electron chi connectivity index (χ0n) is 13.6. The van der Waals surface area contributed by atoms with E-state index in [1.54, 1.807) is 12.1 Å². The Hall–Kier alpha value is -3.14. The van der Waals surface area contributed by atoms with Crippen LogP contribution in [-0.4, -0.2) is 17.2 Å². The summed E-state index contributed by atoms with van der Waals surface area (Å²) in [5.41, 5.74) is 5.82. The summed E-state index contributed by atoms with van der Waals surface area (Å²) in [4.78, 5) is 12.2. The number of nitrogens with one attached hydrogen (secondary N) is 1. The van der Waals surface area contributed by atoms with Crippen molar-refractivity contribution >= 4 is 22.9 Å². The summed E-state index contributed by atoms with van der Waals surface area (Å²) in [5, 5.41) is 15.9. The second-order valence-corrected chi connectivity index (χ2v) is 5.72. The highest BCUT2D eigenvalue weighted by Gasteiger charge is 2.07. The van der Waals surface area contributed by atoms with E-state index in [2.05, 4.69) is 10.5 Å². The third kappa shape index (κ3) is 3.13. The molecule has 0 aliphatic heterocycles. The maximum atomic E-state index is 12.2. The van der Waals surface area contributed by atoms with Crippen LogP contribution in [0.5, 0.6) is 5.75 Å². The van der Waals surface area contributed by atoms with E-state index in [0.717, 1.165) is 21.9 Å². The first-order valence-corrected chi connectivity index (χ1v) is 7.67. The first-order chi connectivity index (χ1) is 11.6. The van der Waals surface area contributed by atoms with Gasteiger partial charge in [-0.15, -0.1) is 0 Å². The smallest absolute Gasteiger partial charge is 0.271 e. The summed E-state index contributed by atoms with van der Waals surface area (Å²) in [6.45, 7) is 3.96. The van der Waals surface area contributed by atoms with Gasteiger partial charge in [0.25, 0.3) is 5.91 Å². The monoisotopic (exact) mass is 318 g/mol. The summed E-state index contributed by atoms with van der Waals surface area (Å²) in [7, 11) is 0. The maximum absolute atomic E-state index is 12.2. The summed E-state index contributed by atoms with van der Waals surface area (Å²) in [6.07, 6.45) is 1.47. The van der Waals surface area contributed by atoms with Gasteiger partial charge in [-0.05, 0) is 53.9 Å². The quantitative estimate of drug-likeness (QED) is 0.568. The van der Waals surface area contributed by atoms with E-state index >= 15 is 0 Å². The van der Waals surface area contributed by atoms with Crippen molar-refractivity contribution in [2.24, 2.45) is 5.10 Å². The Morgan fingerprint density at radius 2 is 1.83 bits per heavy atom. The van der Waals surface area contributed by atoms with E-state index in [1.807, 2.05) is 56.3 Å². The molecule has 0 fully saturated rings. The van der Waals surface area contributed by atoms with Crippen molar-refractivity contribution in [2.45, 2.75) is 13.8 Å². The van der Waals surface area contributed by atoms with E-state index in [-0.39, 0.29) is 11.7 Å². The van der Waals surface area contributed by atoms with Gasteiger partial charge in [-0.2, -0.15) is 5.10 Å². The van der Waals surface area contributed by atoms with Crippen molar-refractivity contribution in [1.82, 2.24) is 5.43 Å². The molecule has 24 heavy (non-hydrogen) atoms. The Morgan fingerprint density at radius 3 is 2.62 bits per heavy atom. The van der Waals surface area contributed by atoms with Gasteiger partial charge in [0.2, 0.25) is 0 Å². The molecule has 0 saturated carbocycles. The van der Waals surface area contributed by atoms with Gasteiger partial charge in [-0.25, -0.2) is 5.43 Å². The fourth-order valence-corrected chi connectivity index (χ4v) is 2.52. The molecule has 0 bridgehead atoms. The number of amides is 1. The van der Waals surface area contributed by atoms with Crippen molar-refractivity contribution in [2.75, 3.05) is 0 Å². The fourth-order valence-electron chi connectivity index (χ4n) is 2.52. The highest BCUT2D eigenvalue weighted by Crippen LogP contribution is 2.25. The van der Waals surface area contributed by atoms with Crippen LogP contribution < -0.4 is 5.43 Å². The number of phenolic OH excluding ortho intramolecular Hbond substituents is 1. The van der Waals surface area contributed by atoms with E-state index in [9.17, 15) is 9.90 Å². The summed E-state index contributed by atoms with van der Waals surface area (Å²) >= 11 is 0. The Balaban J connectivity index is 1.83. The highest BCUT2D eigenvalue weighted by molar-refractivity contribution is 6.03. The number of phenols is 1. The van der Waals surface area contributed by atoms with Crippen LogP contribution in [0.3, 0.4) is 0 Å².